The Bertz CT molecular complexity index is 1440. The summed E-state index contributed by atoms with van der Waals surface area (Å²) in [6.07, 6.45) is 9.10. The van der Waals surface area contributed by atoms with Crippen molar-refractivity contribution < 1.29 is 28.7 Å². The van der Waals surface area contributed by atoms with Gasteiger partial charge in [-0.25, -0.2) is 19.2 Å². The smallest absolute Gasteiger partial charge is 0.411 e. The highest BCUT2D eigenvalue weighted by atomic mass is 16.6. The van der Waals surface area contributed by atoms with E-state index in [1.165, 1.54) is 12.8 Å². The summed E-state index contributed by atoms with van der Waals surface area (Å²) in [5.74, 6) is 0. The molecule has 2 fully saturated rings. The Balaban J connectivity index is 1.02. The fraction of sp³-hybridized carbons (Fsp3) is 0.389. The first-order valence-corrected chi connectivity index (χ1v) is 16.7. The van der Waals surface area contributed by atoms with E-state index >= 15 is 0 Å². The lowest BCUT2D eigenvalue weighted by atomic mass is 9.98. The monoisotopic (exact) mass is 656 g/mol. The van der Waals surface area contributed by atoms with Crippen molar-refractivity contribution in [3.63, 3.8) is 0 Å². The van der Waals surface area contributed by atoms with E-state index < -0.39 is 24.2 Å². The summed E-state index contributed by atoms with van der Waals surface area (Å²) in [6.45, 7) is 0.529. The van der Waals surface area contributed by atoms with E-state index in [1.54, 1.807) is 48.5 Å². The number of carbonyl (C=O) groups is 4. The molecule has 0 aromatic heterocycles. The first-order chi connectivity index (χ1) is 23.4. The average Bonchev–Trinajstić information content (AvgIpc) is 3.08. The lowest BCUT2D eigenvalue weighted by Gasteiger charge is -2.21. The third-order valence-electron chi connectivity index (χ3n) is 8.28. The molecule has 0 atom stereocenters. The minimum atomic E-state index is -0.495. The average molecular weight is 657 g/mol. The summed E-state index contributed by atoms with van der Waals surface area (Å²) < 4.78 is 11.0. The van der Waals surface area contributed by atoms with Gasteiger partial charge in [0, 0.05) is 35.8 Å². The van der Waals surface area contributed by atoms with Crippen LogP contribution in [0.5, 0.6) is 0 Å². The number of hydrogen-bond donors (Lipinski definition) is 6. The lowest BCUT2D eigenvalue weighted by Crippen LogP contribution is -2.29. The number of benzene rings is 3. The van der Waals surface area contributed by atoms with Crippen LogP contribution in [0.15, 0.2) is 72.8 Å². The molecule has 0 spiro atoms. The van der Waals surface area contributed by atoms with E-state index in [2.05, 4.69) is 31.9 Å². The summed E-state index contributed by atoms with van der Waals surface area (Å²) in [5, 5.41) is 16.7. The van der Waals surface area contributed by atoms with Gasteiger partial charge in [0.2, 0.25) is 0 Å². The predicted octanol–water partition coefficient (Wildman–Crippen LogP) is 8.09. The molecule has 12 heteroatoms. The number of anilines is 4. The van der Waals surface area contributed by atoms with E-state index in [9.17, 15) is 19.2 Å². The van der Waals surface area contributed by atoms with E-state index in [0.717, 1.165) is 62.5 Å². The van der Waals surface area contributed by atoms with Crippen molar-refractivity contribution in [1.29, 1.82) is 0 Å². The van der Waals surface area contributed by atoms with E-state index in [1.807, 2.05) is 24.3 Å². The fourth-order valence-corrected chi connectivity index (χ4v) is 5.88. The van der Waals surface area contributed by atoms with Gasteiger partial charge in [0.05, 0.1) is 0 Å². The van der Waals surface area contributed by atoms with Gasteiger partial charge in [0.25, 0.3) is 0 Å². The summed E-state index contributed by atoms with van der Waals surface area (Å²) in [6, 6.07) is 20.4. The molecule has 3 aromatic rings. The van der Waals surface area contributed by atoms with E-state index in [4.69, 9.17) is 9.47 Å². The van der Waals surface area contributed by atoms with Crippen molar-refractivity contribution in [3.8, 4) is 0 Å². The maximum atomic E-state index is 12.6. The van der Waals surface area contributed by atoms with Crippen molar-refractivity contribution in [2.75, 3.05) is 21.3 Å². The van der Waals surface area contributed by atoms with Crippen LogP contribution in [0.4, 0.5) is 41.9 Å². The van der Waals surface area contributed by atoms with E-state index in [0.29, 0.717) is 22.7 Å². The van der Waals surface area contributed by atoms with Crippen molar-refractivity contribution in [2.45, 2.75) is 89.5 Å². The van der Waals surface area contributed by atoms with Crippen LogP contribution >= 0.6 is 0 Å². The number of carbonyl (C=O) groups excluding carboxylic acids is 4. The summed E-state index contributed by atoms with van der Waals surface area (Å²) in [4.78, 5) is 49.8. The molecular formula is C36H44N6O6. The van der Waals surface area contributed by atoms with Gasteiger partial charge in [-0.05, 0) is 98.9 Å². The molecule has 3 aromatic carbocycles. The summed E-state index contributed by atoms with van der Waals surface area (Å²) in [5.41, 5.74) is 3.79. The zero-order valence-corrected chi connectivity index (χ0v) is 27.0. The minimum Gasteiger partial charge on any atom is -0.446 e. The first-order valence-electron chi connectivity index (χ1n) is 16.7. The Morgan fingerprint density at radius 2 is 0.875 bits per heavy atom. The van der Waals surface area contributed by atoms with Gasteiger partial charge >= 0.3 is 24.2 Å². The molecule has 254 valence electrons. The highest BCUT2D eigenvalue weighted by Gasteiger charge is 2.19. The molecule has 0 radical (unpaired) electrons. The fourth-order valence-electron chi connectivity index (χ4n) is 5.88. The maximum absolute atomic E-state index is 12.6. The Morgan fingerprint density at radius 1 is 0.500 bits per heavy atom. The topological polar surface area (TPSA) is 159 Å². The predicted molar refractivity (Wildman–Crippen MR) is 185 cm³/mol. The second kappa shape index (κ2) is 17.6. The number of hydrogen-bond acceptors (Lipinski definition) is 6. The molecule has 6 amide bonds. The Kier molecular flexibility index (Phi) is 12.5. The molecule has 2 aliphatic rings. The number of urea groups is 2. The molecular weight excluding hydrogens is 612 g/mol. The molecule has 0 aliphatic heterocycles. The van der Waals surface area contributed by atoms with Gasteiger partial charge in [-0.15, -0.1) is 0 Å². The van der Waals surface area contributed by atoms with Gasteiger partial charge in [-0.2, -0.15) is 0 Å². The van der Waals surface area contributed by atoms with Gasteiger partial charge in [0.1, 0.15) is 12.2 Å². The third kappa shape index (κ3) is 11.5. The van der Waals surface area contributed by atoms with Crippen LogP contribution in [0.25, 0.3) is 0 Å². The lowest BCUT2D eigenvalue weighted by molar-refractivity contribution is 0.0858. The zero-order chi connectivity index (χ0) is 33.6. The SMILES string of the molecule is O=C(NCc1cccc(CNC(=O)Nc2cccc(NC(=O)OC3CCCCC3)c2)c1)Nc1cccc(NC(=O)OC2CCCCC2)c1. The molecule has 2 saturated carbocycles. The Morgan fingerprint density at radius 3 is 1.29 bits per heavy atom. The van der Waals surface area contributed by atoms with Gasteiger partial charge in [0.15, 0.2) is 0 Å². The molecule has 2 aliphatic carbocycles. The summed E-state index contributed by atoms with van der Waals surface area (Å²) in [7, 11) is 0. The van der Waals surface area contributed by atoms with Crippen LogP contribution in [0.3, 0.4) is 0 Å². The van der Waals surface area contributed by atoms with Gasteiger partial charge in [-0.3, -0.25) is 10.6 Å². The second-order valence-electron chi connectivity index (χ2n) is 12.2. The third-order valence-corrected chi connectivity index (χ3v) is 8.28. The highest BCUT2D eigenvalue weighted by Crippen LogP contribution is 2.23. The highest BCUT2D eigenvalue weighted by molar-refractivity contribution is 5.92. The Hall–Kier alpha value is -5.26. The number of ether oxygens (including phenoxy) is 2. The molecule has 6 N–H and O–H groups in total. The second-order valence-corrected chi connectivity index (χ2v) is 12.2. The standard InChI is InChI=1S/C36H44N6O6/c43-33(39-27-12-8-14-29(21-27)41-35(45)47-31-16-3-1-4-17-31)37-23-25-10-7-11-26(20-25)24-38-34(44)40-28-13-9-15-30(22-28)42-36(46)48-32-18-5-2-6-19-32/h7-15,20-22,31-32H,1-6,16-19,23-24H2,(H,41,45)(H,42,46)(H2,37,39,43)(H2,38,40,44). The van der Waals surface area contributed by atoms with Crippen LogP contribution in [0.2, 0.25) is 0 Å². The first kappa shape index (κ1) is 34.1. The van der Waals surface area contributed by atoms with Gasteiger partial charge in [-0.1, -0.05) is 49.2 Å². The van der Waals surface area contributed by atoms with Crippen molar-refractivity contribution in [3.05, 3.63) is 83.9 Å². The van der Waals surface area contributed by atoms with E-state index in [-0.39, 0.29) is 25.3 Å². The Labute approximate surface area is 280 Å². The van der Waals surface area contributed by atoms with Crippen LogP contribution in [-0.4, -0.2) is 36.5 Å². The molecule has 48 heavy (non-hydrogen) atoms. The molecule has 12 nitrogen and oxygen atoms in total. The molecule has 5 rings (SSSR count). The quantitative estimate of drug-likeness (QED) is 0.129. The molecule has 0 saturated heterocycles. The number of nitrogens with one attached hydrogen (secondary N) is 6. The van der Waals surface area contributed by atoms with Crippen molar-refractivity contribution in [2.24, 2.45) is 0 Å². The molecule has 0 bridgehead atoms. The van der Waals surface area contributed by atoms with Crippen molar-refractivity contribution in [1.82, 2.24) is 10.6 Å². The van der Waals surface area contributed by atoms with Crippen LogP contribution < -0.4 is 31.9 Å². The number of rotatable bonds is 10. The summed E-state index contributed by atoms with van der Waals surface area (Å²) >= 11 is 0. The largest absolute Gasteiger partial charge is 0.446 e. The van der Waals surface area contributed by atoms with Crippen molar-refractivity contribution >= 4 is 47.0 Å². The normalized spacial score (nSPS) is 15.0. The molecule has 0 heterocycles. The maximum Gasteiger partial charge on any atom is 0.411 e. The van der Waals surface area contributed by atoms with Crippen LogP contribution in [0.1, 0.15) is 75.3 Å². The molecule has 0 unspecified atom stereocenters. The minimum absolute atomic E-state index is 0.0480. The van der Waals surface area contributed by atoms with Crippen LogP contribution in [-0.2, 0) is 22.6 Å². The van der Waals surface area contributed by atoms with Gasteiger partial charge < -0.3 is 30.7 Å². The number of amides is 6. The van der Waals surface area contributed by atoms with Crippen LogP contribution in [0, 0.1) is 0 Å². The zero-order valence-electron chi connectivity index (χ0n) is 27.0.